The zero-order valence-electron chi connectivity index (χ0n) is 12.1. The fourth-order valence-electron chi connectivity index (χ4n) is 2.08. The molecule has 0 amide bonds. The van der Waals surface area contributed by atoms with Gasteiger partial charge < -0.3 is 10.5 Å². The van der Waals surface area contributed by atoms with Crippen LogP contribution in [0.25, 0.3) is 0 Å². The van der Waals surface area contributed by atoms with Crippen molar-refractivity contribution in [2.45, 2.75) is 45.9 Å². The van der Waals surface area contributed by atoms with Crippen LogP contribution in [0, 0.1) is 0 Å². The third kappa shape index (κ3) is 3.36. The van der Waals surface area contributed by atoms with E-state index in [1.807, 2.05) is 28.9 Å². The summed E-state index contributed by atoms with van der Waals surface area (Å²) in [5.74, 6) is 1.67. The van der Waals surface area contributed by atoms with Gasteiger partial charge in [0.15, 0.2) is 5.82 Å². The van der Waals surface area contributed by atoms with E-state index in [2.05, 4.69) is 23.9 Å². The molecule has 1 aromatic heterocycles. The van der Waals surface area contributed by atoms with Crippen molar-refractivity contribution in [1.29, 1.82) is 0 Å². The summed E-state index contributed by atoms with van der Waals surface area (Å²) < 4.78 is 7.77. The Morgan fingerprint density at radius 2 is 2.10 bits per heavy atom. The maximum atomic E-state index is 6.11. The third-order valence-electron chi connectivity index (χ3n) is 3.25. The number of aromatic nitrogens is 3. The second-order valence-corrected chi connectivity index (χ2v) is 4.74. The topological polar surface area (TPSA) is 66.0 Å². The first-order valence-corrected chi connectivity index (χ1v) is 7.10. The van der Waals surface area contributed by atoms with Gasteiger partial charge in [-0.15, -0.1) is 0 Å². The molecule has 0 spiro atoms. The summed E-state index contributed by atoms with van der Waals surface area (Å²) >= 11 is 0. The van der Waals surface area contributed by atoms with Crippen LogP contribution >= 0.6 is 0 Å². The summed E-state index contributed by atoms with van der Waals surface area (Å²) in [6.45, 7) is 5.45. The Morgan fingerprint density at radius 1 is 1.30 bits per heavy atom. The highest BCUT2D eigenvalue weighted by molar-refractivity contribution is 5.35. The van der Waals surface area contributed by atoms with E-state index in [4.69, 9.17) is 10.5 Å². The lowest BCUT2D eigenvalue weighted by Crippen LogP contribution is -2.12. The molecule has 0 bridgehead atoms. The molecule has 0 fully saturated rings. The summed E-state index contributed by atoms with van der Waals surface area (Å²) in [5, 5.41) is 4.19. The van der Waals surface area contributed by atoms with Crippen LogP contribution in [-0.2, 0) is 13.2 Å². The van der Waals surface area contributed by atoms with Gasteiger partial charge in [-0.25, -0.2) is 9.67 Å². The van der Waals surface area contributed by atoms with Gasteiger partial charge >= 0.3 is 0 Å². The van der Waals surface area contributed by atoms with Crippen LogP contribution in [0.3, 0.4) is 0 Å². The van der Waals surface area contributed by atoms with E-state index in [1.54, 1.807) is 6.33 Å². The number of ether oxygens (including phenoxy) is 1. The SMILES string of the molecule is CCCn1ncnc1COc1ccccc1[C@H](N)CC. The zero-order chi connectivity index (χ0) is 14.4. The van der Waals surface area contributed by atoms with Gasteiger partial charge in [-0.3, -0.25) is 0 Å². The van der Waals surface area contributed by atoms with Crippen LogP contribution in [-0.4, -0.2) is 14.8 Å². The highest BCUT2D eigenvalue weighted by Gasteiger charge is 2.11. The van der Waals surface area contributed by atoms with E-state index >= 15 is 0 Å². The first-order chi connectivity index (χ1) is 9.76. The van der Waals surface area contributed by atoms with Crippen molar-refractivity contribution in [3.8, 4) is 5.75 Å². The van der Waals surface area contributed by atoms with Gasteiger partial charge in [-0.2, -0.15) is 5.10 Å². The van der Waals surface area contributed by atoms with Crippen LogP contribution in [0.5, 0.6) is 5.75 Å². The number of nitrogens with zero attached hydrogens (tertiary/aromatic N) is 3. The van der Waals surface area contributed by atoms with Crippen molar-refractivity contribution in [2.24, 2.45) is 5.73 Å². The molecule has 2 aromatic rings. The van der Waals surface area contributed by atoms with Crippen molar-refractivity contribution >= 4 is 0 Å². The van der Waals surface area contributed by atoms with Gasteiger partial charge in [0.1, 0.15) is 18.7 Å². The van der Waals surface area contributed by atoms with Crippen molar-refractivity contribution < 1.29 is 4.74 Å². The third-order valence-corrected chi connectivity index (χ3v) is 3.25. The Hall–Kier alpha value is -1.88. The summed E-state index contributed by atoms with van der Waals surface area (Å²) in [4.78, 5) is 4.24. The molecule has 5 nitrogen and oxygen atoms in total. The minimum absolute atomic E-state index is 0.000267. The minimum atomic E-state index is -0.000267. The van der Waals surface area contributed by atoms with Crippen LogP contribution in [0.15, 0.2) is 30.6 Å². The van der Waals surface area contributed by atoms with E-state index in [9.17, 15) is 0 Å². The molecule has 0 saturated heterocycles. The van der Waals surface area contributed by atoms with Crippen LogP contribution < -0.4 is 10.5 Å². The molecule has 2 N–H and O–H groups in total. The Bertz CT molecular complexity index is 538. The second kappa shape index (κ2) is 7.05. The van der Waals surface area contributed by atoms with E-state index in [0.717, 1.165) is 36.5 Å². The first-order valence-electron chi connectivity index (χ1n) is 7.10. The second-order valence-electron chi connectivity index (χ2n) is 4.74. The van der Waals surface area contributed by atoms with E-state index in [-0.39, 0.29) is 6.04 Å². The Morgan fingerprint density at radius 3 is 2.85 bits per heavy atom. The molecule has 0 aliphatic rings. The molecule has 1 atom stereocenters. The fraction of sp³-hybridized carbons (Fsp3) is 0.467. The molecule has 5 heteroatoms. The van der Waals surface area contributed by atoms with Gasteiger partial charge in [-0.05, 0) is 18.9 Å². The summed E-state index contributed by atoms with van der Waals surface area (Å²) in [6.07, 6.45) is 3.47. The Balaban J connectivity index is 2.09. The minimum Gasteiger partial charge on any atom is -0.485 e. The summed E-state index contributed by atoms with van der Waals surface area (Å²) in [7, 11) is 0. The maximum Gasteiger partial charge on any atom is 0.164 e. The average Bonchev–Trinajstić information content (AvgIpc) is 2.92. The molecule has 20 heavy (non-hydrogen) atoms. The molecule has 0 aliphatic carbocycles. The van der Waals surface area contributed by atoms with Crippen LogP contribution in [0.1, 0.15) is 44.1 Å². The van der Waals surface area contributed by atoms with Crippen molar-refractivity contribution in [1.82, 2.24) is 14.8 Å². The zero-order valence-corrected chi connectivity index (χ0v) is 12.1. The van der Waals surface area contributed by atoms with Crippen molar-refractivity contribution in [3.05, 3.63) is 42.0 Å². The quantitative estimate of drug-likeness (QED) is 0.843. The lowest BCUT2D eigenvalue weighted by molar-refractivity contribution is 0.281. The molecule has 0 saturated carbocycles. The van der Waals surface area contributed by atoms with Crippen molar-refractivity contribution in [3.63, 3.8) is 0 Å². The summed E-state index contributed by atoms with van der Waals surface area (Å²) in [5.41, 5.74) is 7.15. The number of hydrogen-bond acceptors (Lipinski definition) is 4. The summed E-state index contributed by atoms with van der Waals surface area (Å²) in [6, 6.07) is 7.90. The molecule has 0 aliphatic heterocycles. The first kappa shape index (κ1) is 14.5. The number of para-hydroxylation sites is 1. The molecule has 2 rings (SSSR count). The lowest BCUT2D eigenvalue weighted by atomic mass is 10.0. The standard InChI is InChI=1S/C15H22N4O/c1-3-9-19-15(17-11-18-19)10-20-14-8-6-5-7-12(14)13(16)4-2/h5-8,11,13H,3-4,9-10,16H2,1-2H3/t13-/m1/s1. The molecular weight excluding hydrogens is 252 g/mol. The molecule has 108 valence electrons. The predicted octanol–water partition coefficient (Wildman–Crippen LogP) is 2.68. The van der Waals surface area contributed by atoms with E-state index < -0.39 is 0 Å². The highest BCUT2D eigenvalue weighted by Crippen LogP contribution is 2.25. The average molecular weight is 274 g/mol. The van der Waals surface area contributed by atoms with E-state index in [1.165, 1.54) is 0 Å². The fourth-order valence-corrected chi connectivity index (χ4v) is 2.08. The van der Waals surface area contributed by atoms with Crippen LogP contribution in [0.4, 0.5) is 0 Å². The van der Waals surface area contributed by atoms with Gasteiger partial charge in [0, 0.05) is 18.2 Å². The van der Waals surface area contributed by atoms with Gasteiger partial charge in [0.05, 0.1) is 0 Å². The molecule has 1 heterocycles. The molecule has 0 unspecified atom stereocenters. The van der Waals surface area contributed by atoms with Gasteiger partial charge in [-0.1, -0.05) is 32.0 Å². The number of aryl methyl sites for hydroxylation is 1. The smallest absolute Gasteiger partial charge is 0.164 e. The molecule has 1 aromatic carbocycles. The number of hydrogen-bond donors (Lipinski definition) is 1. The Labute approximate surface area is 119 Å². The van der Waals surface area contributed by atoms with Gasteiger partial charge in [0.2, 0.25) is 0 Å². The highest BCUT2D eigenvalue weighted by atomic mass is 16.5. The van der Waals surface area contributed by atoms with E-state index in [0.29, 0.717) is 6.61 Å². The Kier molecular flexibility index (Phi) is 5.12. The van der Waals surface area contributed by atoms with Crippen molar-refractivity contribution in [2.75, 3.05) is 0 Å². The van der Waals surface area contributed by atoms with Crippen LogP contribution in [0.2, 0.25) is 0 Å². The van der Waals surface area contributed by atoms with Gasteiger partial charge in [0.25, 0.3) is 0 Å². The largest absolute Gasteiger partial charge is 0.485 e. The normalized spacial score (nSPS) is 12.3. The number of benzene rings is 1. The number of nitrogens with two attached hydrogens (primary N) is 1. The lowest BCUT2D eigenvalue weighted by Gasteiger charge is -2.15. The monoisotopic (exact) mass is 274 g/mol. The number of rotatable bonds is 7. The molecule has 0 radical (unpaired) electrons. The molecular formula is C15H22N4O. The predicted molar refractivity (Wildman–Crippen MR) is 78.3 cm³/mol. The maximum absolute atomic E-state index is 6.11.